The summed E-state index contributed by atoms with van der Waals surface area (Å²) in [4.78, 5) is 17.7. The molecular weight excluding hydrogens is 406 g/mol. The number of dihydropyridines is 1. The van der Waals surface area contributed by atoms with Gasteiger partial charge in [-0.15, -0.1) is 0 Å². The van der Waals surface area contributed by atoms with Crippen LogP contribution in [0.25, 0.3) is 5.57 Å². The van der Waals surface area contributed by atoms with Crippen molar-refractivity contribution >= 4 is 11.3 Å². The van der Waals surface area contributed by atoms with Crippen LogP contribution < -0.4 is 5.32 Å². The zero-order valence-electron chi connectivity index (χ0n) is 18.3. The highest BCUT2D eigenvalue weighted by molar-refractivity contribution is 5.73. The number of rotatable bonds is 7. The standard InChI is InChI=1S/C24H25N5O3/c1-16-12-21(19-10-7-11-20(13-19)29(30)31)23(17(2)25-16)24-26-22(27-32-24)15-28(3)14-18-8-5-4-6-9-18/h4-13,21,25H,14-15H2,1-3H3. The highest BCUT2D eigenvalue weighted by Gasteiger charge is 2.28. The van der Waals surface area contributed by atoms with E-state index in [9.17, 15) is 10.1 Å². The van der Waals surface area contributed by atoms with Gasteiger partial charge in [0.05, 0.1) is 11.5 Å². The van der Waals surface area contributed by atoms with E-state index < -0.39 is 0 Å². The molecule has 8 nitrogen and oxygen atoms in total. The first-order valence-corrected chi connectivity index (χ1v) is 10.4. The molecule has 1 unspecified atom stereocenters. The van der Waals surface area contributed by atoms with E-state index in [4.69, 9.17) is 4.52 Å². The first kappa shape index (κ1) is 21.5. The summed E-state index contributed by atoms with van der Waals surface area (Å²) in [5.74, 6) is 0.771. The van der Waals surface area contributed by atoms with Crippen LogP contribution >= 0.6 is 0 Å². The van der Waals surface area contributed by atoms with Gasteiger partial charge < -0.3 is 9.84 Å². The van der Waals surface area contributed by atoms with Crippen LogP contribution in [0.3, 0.4) is 0 Å². The second-order valence-electron chi connectivity index (χ2n) is 8.02. The number of aromatic nitrogens is 2. The van der Waals surface area contributed by atoms with Gasteiger partial charge in [-0.2, -0.15) is 4.98 Å². The van der Waals surface area contributed by atoms with Crippen molar-refractivity contribution in [1.29, 1.82) is 0 Å². The summed E-state index contributed by atoms with van der Waals surface area (Å²) in [6, 6.07) is 16.9. The van der Waals surface area contributed by atoms with Gasteiger partial charge in [-0.25, -0.2) is 0 Å². The van der Waals surface area contributed by atoms with Gasteiger partial charge in [0.15, 0.2) is 5.82 Å². The van der Waals surface area contributed by atoms with E-state index in [0.717, 1.165) is 29.1 Å². The third kappa shape index (κ3) is 4.76. The normalized spacial score (nSPS) is 16.1. The summed E-state index contributed by atoms with van der Waals surface area (Å²) >= 11 is 0. The van der Waals surface area contributed by atoms with Crippen molar-refractivity contribution in [3.8, 4) is 0 Å². The van der Waals surface area contributed by atoms with Crippen molar-refractivity contribution in [3.63, 3.8) is 0 Å². The highest BCUT2D eigenvalue weighted by atomic mass is 16.6. The van der Waals surface area contributed by atoms with Crippen LogP contribution in [-0.2, 0) is 13.1 Å². The van der Waals surface area contributed by atoms with Crippen molar-refractivity contribution in [1.82, 2.24) is 20.4 Å². The SMILES string of the molecule is CC1=CC(c2cccc([N+](=O)[O-])c2)C(c2nc(CN(C)Cc3ccccc3)no2)=C(C)N1. The smallest absolute Gasteiger partial charge is 0.269 e. The molecule has 0 fully saturated rings. The van der Waals surface area contributed by atoms with E-state index in [0.29, 0.717) is 18.3 Å². The van der Waals surface area contributed by atoms with Gasteiger partial charge in [-0.05, 0) is 32.0 Å². The van der Waals surface area contributed by atoms with Gasteiger partial charge >= 0.3 is 0 Å². The lowest BCUT2D eigenvalue weighted by Gasteiger charge is -2.24. The summed E-state index contributed by atoms with van der Waals surface area (Å²) in [7, 11) is 2.01. The Labute approximate surface area is 186 Å². The highest BCUT2D eigenvalue weighted by Crippen LogP contribution is 2.38. The summed E-state index contributed by atoms with van der Waals surface area (Å²) in [5, 5.41) is 18.8. The maximum Gasteiger partial charge on any atom is 0.269 e. The lowest BCUT2D eigenvalue weighted by molar-refractivity contribution is -0.384. The summed E-state index contributed by atoms with van der Waals surface area (Å²) in [6.07, 6.45) is 2.02. The molecule has 164 valence electrons. The molecule has 0 aliphatic carbocycles. The van der Waals surface area contributed by atoms with Gasteiger partial charge in [0, 0.05) is 41.6 Å². The van der Waals surface area contributed by atoms with Crippen LogP contribution in [0.4, 0.5) is 5.69 Å². The van der Waals surface area contributed by atoms with E-state index in [1.807, 2.05) is 51.2 Å². The minimum Gasteiger partial charge on any atom is -0.363 e. The van der Waals surface area contributed by atoms with E-state index in [2.05, 4.69) is 32.5 Å². The molecule has 0 bridgehead atoms. The fraction of sp³-hybridized carbons (Fsp3) is 0.250. The van der Waals surface area contributed by atoms with Crippen LogP contribution in [0, 0.1) is 10.1 Å². The van der Waals surface area contributed by atoms with Gasteiger partial charge in [0.25, 0.3) is 11.6 Å². The van der Waals surface area contributed by atoms with E-state index in [1.165, 1.54) is 11.6 Å². The molecule has 1 aromatic heterocycles. The number of nitro benzene ring substituents is 1. The van der Waals surface area contributed by atoms with Gasteiger partial charge in [0.1, 0.15) is 0 Å². The van der Waals surface area contributed by atoms with Gasteiger partial charge in [-0.3, -0.25) is 15.0 Å². The minimum absolute atomic E-state index is 0.0536. The van der Waals surface area contributed by atoms with Crippen molar-refractivity contribution < 1.29 is 9.45 Å². The van der Waals surface area contributed by atoms with Crippen molar-refractivity contribution in [3.05, 3.63) is 105 Å². The monoisotopic (exact) mass is 431 g/mol. The molecule has 2 heterocycles. The Morgan fingerprint density at radius 2 is 1.91 bits per heavy atom. The lowest BCUT2D eigenvalue weighted by Crippen LogP contribution is -2.20. The molecule has 0 saturated heterocycles. The molecule has 0 amide bonds. The second kappa shape index (κ2) is 9.15. The van der Waals surface area contributed by atoms with Crippen LogP contribution in [-0.4, -0.2) is 27.0 Å². The molecule has 1 aliphatic rings. The number of non-ortho nitro benzene ring substituents is 1. The molecule has 32 heavy (non-hydrogen) atoms. The van der Waals surface area contributed by atoms with E-state index >= 15 is 0 Å². The number of benzene rings is 2. The third-order valence-corrected chi connectivity index (χ3v) is 5.36. The Balaban J connectivity index is 1.59. The Hall–Kier alpha value is -3.78. The fourth-order valence-electron chi connectivity index (χ4n) is 3.98. The van der Waals surface area contributed by atoms with Crippen LogP contribution in [0.1, 0.15) is 42.6 Å². The molecule has 0 spiro atoms. The molecule has 4 rings (SSSR count). The maximum atomic E-state index is 11.3. The zero-order valence-corrected chi connectivity index (χ0v) is 18.3. The topological polar surface area (TPSA) is 97.3 Å². The molecule has 1 atom stereocenters. The maximum absolute atomic E-state index is 11.3. The molecule has 1 N–H and O–H groups in total. The average molecular weight is 431 g/mol. The van der Waals surface area contributed by atoms with Crippen LogP contribution in [0.2, 0.25) is 0 Å². The average Bonchev–Trinajstić information content (AvgIpc) is 3.21. The summed E-state index contributed by atoms with van der Waals surface area (Å²) < 4.78 is 5.64. The van der Waals surface area contributed by atoms with Crippen LogP contribution in [0.15, 0.2) is 76.6 Å². The Bertz CT molecular complexity index is 1180. The first-order valence-electron chi connectivity index (χ1n) is 10.4. The number of nitrogens with one attached hydrogen (secondary N) is 1. The zero-order chi connectivity index (χ0) is 22.7. The molecule has 8 heteroatoms. The van der Waals surface area contributed by atoms with E-state index in [-0.39, 0.29) is 16.5 Å². The predicted octanol–water partition coefficient (Wildman–Crippen LogP) is 4.63. The first-order chi connectivity index (χ1) is 15.4. The second-order valence-corrected chi connectivity index (χ2v) is 8.02. The largest absolute Gasteiger partial charge is 0.363 e. The number of hydrogen-bond acceptors (Lipinski definition) is 7. The molecule has 3 aromatic rings. The predicted molar refractivity (Wildman–Crippen MR) is 121 cm³/mol. The molecule has 2 aromatic carbocycles. The number of allylic oxidation sites excluding steroid dienone is 4. The number of nitrogens with zero attached hydrogens (tertiary/aromatic N) is 4. The van der Waals surface area contributed by atoms with Gasteiger partial charge in [-0.1, -0.05) is 53.7 Å². The van der Waals surface area contributed by atoms with Crippen molar-refractivity contribution in [2.75, 3.05) is 7.05 Å². The van der Waals surface area contributed by atoms with Gasteiger partial charge in [0.2, 0.25) is 0 Å². The minimum atomic E-state index is -0.384. The Kier molecular flexibility index (Phi) is 6.13. The van der Waals surface area contributed by atoms with Crippen molar-refractivity contribution in [2.24, 2.45) is 0 Å². The van der Waals surface area contributed by atoms with Crippen molar-refractivity contribution in [2.45, 2.75) is 32.9 Å². The summed E-state index contributed by atoms with van der Waals surface area (Å²) in [6.45, 7) is 5.21. The number of hydrogen-bond donors (Lipinski definition) is 1. The Morgan fingerprint density at radius 1 is 1.12 bits per heavy atom. The summed E-state index contributed by atoms with van der Waals surface area (Å²) in [5.41, 5.74) is 4.73. The van der Waals surface area contributed by atoms with Crippen LogP contribution in [0.5, 0.6) is 0 Å². The number of nitro groups is 1. The molecule has 0 saturated carbocycles. The lowest BCUT2D eigenvalue weighted by atomic mass is 9.86. The molecular formula is C24H25N5O3. The quantitative estimate of drug-likeness (QED) is 0.430. The fourth-order valence-corrected chi connectivity index (χ4v) is 3.98. The third-order valence-electron chi connectivity index (χ3n) is 5.36. The van der Waals surface area contributed by atoms with E-state index in [1.54, 1.807) is 12.1 Å². The molecule has 0 radical (unpaired) electrons. The molecule has 1 aliphatic heterocycles. The Morgan fingerprint density at radius 3 is 2.66 bits per heavy atom.